The minimum Gasteiger partial charge on any atom is -0.456 e. The lowest BCUT2D eigenvalue weighted by Gasteiger charge is -2.27. The molecule has 464 valence electrons. The Morgan fingerprint density at radius 3 is 1.18 bits per heavy atom. The van der Waals surface area contributed by atoms with E-state index in [0.29, 0.717) is 17.4 Å². The van der Waals surface area contributed by atoms with Crippen molar-refractivity contribution in [2.75, 3.05) is 40.9 Å². The lowest BCUT2D eigenvalue weighted by molar-refractivity contribution is -0.870. The Kier molecular flexibility index (Phi) is 57.6. The molecule has 0 bridgehead atoms. The maximum Gasteiger partial charge on any atom is 0.472 e. The summed E-state index contributed by atoms with van der Waals surface area (Å²) in [6, 6.07) is -0.848. The number of amides is 1. The molecule has 0 aromatic heterocycles. The van der Waals surface area contributed by atoms with E-state index in [1.165, 1.54) is 231 Å². The van der Waals surface area contributed by atoms with Crippen LogP contribution in [0, 0.1) is 0 Å². The fourth-order valence-corrected chi connectivity index (χ4v) is 10.7. The second-order valence-corrected chi connectivity index (χ2v) is 25.8. The van der Waals surface area contributed by atoms with Crippen LogP contribution in [-0.2, 0) is 27.9 Å². The molecule has 0 aromatic carbocycles. The number of unbranched alkanes of at least 4 members (excludes halogenated alkanes) is 40. The molecule has 10 heteroatoms. The van der Waals surface area contributed by atoms with E-state index in [9.17, 15) is 19.0 Å². The van der Waals surface area contributed by atoms with Crippen LogP contribution >= 0.6 is 7.82 Å². The molecule has 9 nitrogen and oxygen atoms in total. The van der Waals surface area contributed by atoms with E-state index in [2.05, 4.69) is 62.5 Å². The van der Waals surface area contributed by atoms with Crippen LogP contribution in [0.15, 0.2) is 48.6 Å². The number of hydrogen-bond acceptors (Lipinski definition) is 6. The van der Waals surface area contributed by atoms with Gasteiger partial charge in [0.1, 0.15) is 19.3 Å². The Balaban J connectivity index is 5.03. The van der Waals surface area contributed by atoms with Crippen LogP contribution in [0.4, 0.5) is 0 Å². The number of ether oxygens (including phenoxy) is 1. The standard InChI is InChI=1S/C69H131N2O7P/c1-7-10-13-16-19-22-25-27-29-31-32-33-34-35-36-37-38-40-41-43-46-49-52-55-58-61-68(72)70-66(65-77-79(74,75)76-64-63-71(4,5)6)67(60-57-54-51-48-45-24-21-18-15-12-9-3)78-69(73)62-59-56-53-50-47-44-42-39-30-28-26-23-20-17-14-11-8-2/h19,22,27-30,57,60,66-67H,7-18,20-21,23-26,31-56,58-59,61-65H2,1-6H3,(H-,70,72,74,75)/p+1/b22-19-,29-27-,30-28+,60-57-. The Bertz CT molecular complexity index is 1490. The number of quaternary nitrogens is 1. The van der Waals surface area contributed by atoms with Gasteiger partial charge in [-0.25, -0.2) is 4.57 Å². The van der Waals surface area contributed by atoms with Crippen molar-refractivity contribution < 1.29 is 37.3 Å². The van der Waals surface area contributed by atoms with Crippen LogP contribution < -0.4 is 5.32 Å². The zero-order valence-electron chi connectivity index (χ0n) is 53.1. The lowest BCUT2D eigenvalue weighted by atomic mass is 10.0. The summed E-state index contributed by atoms with van der Waals surface area (Å²) in [6.07, 6.45) is 74.0. The zero-order chi connectivity index (χ0) is 57.9. The maximum atomic E-state index is 13.6. The number of phosphoric ester groups is 1. The van der Waals surface area contributed by atoms with Crippen LogP contribution in [0.1, 0.15) is 329 Å². The number of carbonyl (C=O) groups is 2. The molecule has 0 fully saturated rings. The molecule has 0 radical (unpaired) electrons. The van der Waals surface area contributed by atoms with E-state index in [1.807, 2.05) is 33.3 Å². The van der Waals surface area contributed by atoms with Crippen molar-refractivity contribution in [2.24, 2.45) is 0 Å². The summed E-state index contributed by atoms with van der Waals surface area (Å²) in [5, 5.41) is 3.07. The number of nitrogens with zero attached hydrogens (tertiary/aromatic N) is 1. The van der Waals surface area contributed by atoms with Gasteiger partial charge in [0.15, 0.2) is 0 Å². The molecule has 0 spiro atoms. The van der Waals surface area contributed by atoms with Gasteiger partial charge in [0, 0.05) is 12.8 Å². The number of allylic oxidation sites excluding steroid dienone is 7. The molecule has 3 atom stereocenters. The van der Waals surface area contributed by atoms with Crippen LogP contribution in [0.2, 0.25) is 0 Å². The van der Waals surface area contributed by atoms with Crippen molar-refractivity contribution in [3.8, 4) is 0 Å². The highest BCUT2D eigenvalue weighted by Gasteiger charge is 2.30. The largest absolute Gasteiger partial charge is 0.472 e. The number of carbonyl (C=O) groups excluding carboxylic acids is 2. The van der Waals surface area contributed by atoms with Crippen molar-refractivity contribution >= 4 is 19.7 Å². The van der Waals surface area contributed by atoms with Crippen LogP contribution in [0.25, 0.3) is 0 Å². The molecular formula is C69H132N2O7P+. The quantitative estimate of drug-likeness (QED) is 0.0205. The van der Waals surface area contributed by atoms with Gasteiger partial charge in [0.2, 0.25) is 5.91 Å². The number of nitrogens with one attached hydrogen (secondary N) is 1. The average molecular weight is 1130 g/mol. The molecule has 79 heavy (non-hydrogen) atoms. The fraction of sp³-hybridized carbons (Fsp3) is 0.855. The van der Waals surface area contributed by atoms with Crippen molar-refractivity contribution in [2.45, 2.75) is 341 Å². The number of esters is 1. The van der Waals surface area contributed by atoms with Gasteiger partial charge in [-0.15, -0.1) is 0 Å². The van der Waals surface area contributed by atoms with Gasteiger partial charge in [0.25, 0.3) is 0 Å². The third-order valence-electron chi connectivity index (χ3n) is 15.2. The number of rotatable bonds is 62. The van der Waals surface area contributed by atoms with Gasteiger partial charge in [-0.1, -0.05) is 275 Å². The van der Waals surface area contributed by atoms with Gasteiger partial charge in [-0.3, -0.25) is 18.6 Å². The summed E-state index contributed by atoms with van der Waals surface area (Å²) in [6.45, 7) is 7.01. The maximum absolute atomic E-state index is 13.6. The molecule has 2 N–H and O–H groups in total. The number of likely N-dealkylation sites (N-methyl/N-ethyl adjacent to an activating group) is 1. The Morgan fingerprint density at radius 1 is 0.443 bits per heavy atom. The predicted molar refractivity (Wildman–Crippen MR) is 342 cm³/mol. The first-order chi connectivity index (χ1) is 38.4. The van der Waals surface area contributed by atoms with E-state index in [0.717, 1.165) is 64.2 Å². The van der Waals surface area contributed by atoms with E-state index in [1.54, 1.807) is 0 Å². The van der Waals surface area contributed by atoms with Crippen molar-refractivity contribution in [3.05, 3.63) is 48.6 Å². The third kappa shape index (κ3) is 60.4. The summed E-state index contributed by atoms with van der Waals surface area (Å²) in [5.74, 6) is -0.498. The zero-order valence-corrected chi connectivity index (χ0v) is 54.0. The van der Waals surface area contributed by atoms with Gasteiger partial charge in [0.05, 0.1) is 33.8 Å². The number of phosphoric acid groups is 1. The van der Waals surface area contributed by atoms with Crippen molar-refractivity contribution in [1.82, 2.24) is 5.32 Å². The van der Waals surface area contributed by atoms with E-state index < -0.39 is 20.0 Å². The highest BCUT2D eigenvalue weighted by molar-refractivity contribution is 7.47. The first-order valence-electron chi connectivity index (χ1n) is 34.0. The van der Waals surface area contributed by atoms with E-state index in [4.69, 9.17) is 13.8 Å². The summed E-state index contributed by atoms with van der Waals surface area (Å²) in [7, 11) is 1.50. The normalized spacial score (nSPS) is 13.9. The predicted octanol–water partition coefficient (Wildman–Crippen LogP) is 21.2. The highest BCUT2D eigenvalue weighted by Crippen LogP contribution is 2.43. The SMILES string of the molecule is CCCCC/C=C\C/C=C\CCCCCCCCCCCCCCCCCC(=O)NC(COP(=O)(O)OCC[N+](C)(C)C)C(/C=C\CCCCCCCCCCC)OC(=O)CCCCCCCCC/C=C/CCCCCCCC. The Morgan fingerprint density at radius 2 is 0.772 bits per heavy atom. The van der Waals surface area contributed by atoms with Gasteiger partial charge >= 0.3 is 13.8 Å². The molecule has 0 saturated carbocycles. The van der Waals surface area contributed by atoms with E-state index in [-0.39, 0.29) is 31.5 Å². The molecule has 0 saturated heterocycles. The molecule has 0 aliphatic carbocycles. The third-order valence-corrected chi connectivity index (χ3v) is 16.2. The van der Waals surface area contributed by atoms with E-state index >= 15 is 0 Å². The molecule has 0 heterocycles. The van der Waals surface area contributed by atoms with Gasteiger partial charge in [-0.2, -0.15) is 0 Å². The second kappa shape index (κ2) is 59.1. The van der Waals surface area contributed by atoms with Gasteiger partial charge in [-0.05, 0) is 89.5 Å². The van der Waals surface area contributed by atoms with Crippen molar-refractivity contribution in [3.63, 3.8) is 0 Å². The smallest absolute Gasteiger partial charge is 0.456 e. The lowest BCUT2D eigenvalue weighted by Crippen LogP contribution is -2.47. The summed E-state index contributed by atoms with van der Waals surface area (Å²) in [4.78, 5) is 37.8. The molecule has 0 aromatic rings. The summed E-state index contributed by atoms with van der Waals surface area (Å²) in [5.41, 5.74) is 0. The molecular weight excluding hydrogens is 1000 g/mol. The van der Waals surface area contributed by atoms with Crippen molar-refractivity contribution in [1.29, 1.82) is 0 Å². The van der Waals surface area contributed by atoms with Crippen LogP contribution in [0.3, 0.4) is 0 Å². The monoisotopic (exact) mass is 1130 g/mol. The first-order valence-corrected chi connectivity index (χ1v) is 35.5. The summed E-state index contributed by atoms with van der Waals surface area (Å²) >= 11 is 0. The number of hydrogen-bond donors (Lipinski definition) is 2. The molecule has 0 aliphatic heterocycles. The molecule has 1 amide bonds. The second-order valence-electron chi connectivity index (χ2n) is 24.3. The Hall–Kier alpha value is -2.03. The highest BCUT2D eigenvalue weighted by atomic mass is 31.2. The first kappa shape index (κ1) is 77.0. The minimum atomic E-state index is -4.45. The summed E-state index contributed by atoms with van der Waals surface area (Å²) < 4.78 is 30.8. The average Bonchev–Trinajstić information content (AvgIpc) is 3.41. The van der Waals surface area contributed by atoms with Crippen LogP contribution in [-0.4, -0.2) is 74.3 Å². The Labute approximate surface area is 490 Å². The molecule has 3 unspecified atom stereocenters. The fourth-order valence-electron chi connectivity index (χ4n) is 9.97. The molecule has 0 rings (SSSR count). The molecule has 0 aliphatic rings. The topological polar surface area (TPSA) is 111 Å². The minimum absolute atomic E-state index is 0.0407. The van der Waals surface area contributed by atoms with Crippen LogP contribution in [0.5, 0.6) is 0 Å². The van der Waals surface area contributed by atoms with Gasteiger partial charge < -0.3 is 19.4 Å².